The molecule has 1 aromatic heterocycles. The van der Waals surface area contributed by atoms with E-state index < -0.39 is 55.6 Å². The van der Waals surface area contributed by atoms with Gasteiger partial charge in [-0.15, -0.1) is 0 Å². The summed E-state index contributed by atoms with van der Waals surface area (Å²) < 4.78 is 38.6. The maximum absolute atomic E-state index is 13.9. The first-order chi connectivity index (χ1) is 19.8. The maximum atomic E-state index is 13.9. The standard InChI is InChI=1S/C26H44N5O10P/c1-6-7-8-9-10-14-31(18(2)22(32)33)42(37)39-17-19-21(41-42)26(3,36)23(40-19)30-15-12-20(27-24(30)34)28-25(35)38-16-11-13-29(4)5/h12,15,18-19,21,23,36H,6-11,13-14,16-17H2,1-5H3,(H,32,33)(H,27,28,34,35)/t18-,19+,21+,23+,26+,42?/m0/s1. The highest BCUT2D eigenvalue weighted by atomic mass is 31.2. The van der Waals surface area contributed by atoms with Gasteiger partial charge in [-0.1, -0.05) is 32.6 Å². The summed E-state index contributed by atoms with van der Waals surface area (Å²) in [5.74, 6) is -1.24. The summed E-state index contributed by atoms with van der Waals surface area (Å²) in [4.78, 5) is 42.6. The van der Waals surface area contributed by atoms with Gasteiger partial charge in [-0.25, -0.2) is 14.2 Å². The molecule has 2 saturated heterocycles. The number of aliphatic carboxylic acids is 1. The van der Waals surface area contributed by atoms with Crippen LogP contribution >= 0.6 is 7.75 Å². The molecule has 0 aromatic carbocycles. The van der Waals surface area contributed by atoms with Crippen molar-refractivity contribution in [1.82, 2.24) is 19.1 Å². The zero-order valence-corrected chi connectivity index (χ0v) is 25.8. The van der Waals surface area contributed by atoms with E-state index in [-0.39, 0.29) is 25.6 Å². The van der Waals surface area contributed by atoms with E-state index in [0.717, 1.165) is 36.8 Å². The van der Waals surface area contributed by atoms with Crippen molar-refractivity contribution >= 4 is 25.6 Å². The molecule has 3 heterocycles. The van der Waals surface area contributed by atoms with Gasteiger partial charge < -0.3 is 24.6 Å². The Labute approximate surface area is 245 Å². The summed E-state index contributed by atoms with van der Waals surface area (Å²) in [6.07, 6.45) is 2.21. The highest BCUT2D eigenvalue weighted by Gasteiger charge is 2.61. The molecular formula is C26H44N5O10P. The van der Waals surface area contributed by atoms with Crippen LogP contribution in [-0.4, -0.2) is 106 Å². The summed E-state index contributed by atoms with van der Waals surface area (Å²) in [7, 11) is -0.355. The molecule has 15 nitrogen and oxygen atoms in total. The molecule has 0 aliphatic carbocycles. The monoisotopic (exact) mass is 617 g/mol. The van der Waals surface area contributed by atoms with E-state index in [9.17, 15) is 29.2 Å². The molecule has 6 atom stereocenters. The molecule has 42 heavy (non-hydrogen) atoms. The predicted octanol–water partition coefficient (Wildman–Crippen LogP) is 2.66. The predicted molar refractivity (Wildman–Crippen MR) is 152 cm³/mol. The van der Waals surface area contributed by atoms with Crippen LogP contribution in [0.4, 0.5) is 10.6 Å². The van der Waals surface area contributed by atoms with Gasteiger partial charge in [-0.3, -0.25) is 23.7 Å². The number of unbranched alkanes of at least 4 members (excludes halogenated alkanes) is 4. The smallest absolute Gasteiger partial charge is 0.412 e. The van der Waals surface area contributed by atoms with Crippen LogP contribution in [0, 0.1) is 0 Å². The van der Waals surface area contributed by atoms with Gasteiger partial charge in [-0.2, -0.15) is 9.65 Å². The molecule has 2 aliphatic heterocycles. The second-order valence-electron chi connectivity index (χ2n) is 11.1. The summed E-state index contributed by atoms with van der Waals surface area (Å²) >= 11 is 0. The van der Waals surface area contributed by atoms with Crippen LogP contribution in [0.2, 0.25) is 0 Å². The molecule has 0 spiro atoms. The number of hydrogen-bond acceptors (Lipinski definition) is 11. The molecule has 3 N–H and O–H groups in total. The Balaban J connectivity index is 1.71. The maximum Gasteiger partial charge on any atom is 0.412 e. The molecule has 3 rings (SSSR count). The van der Waals surface area contributed by atoms with Gasteiger partial charge in [0.1, 0.15) is 29.7 Å². The fourth-order valence-electron chi connectivity index (χ4n) is 4.90. The minimum atomic E-state index is -4.16. The lowest BCUT2D eigenvalue weighted by molar-refractivity contribution is -0.142. The Morgan fingerprint density at radius 1 is 1.26 bits per heavy atom. The minimum absolute atomic E-state index is 0.0507. The Kier molecular flexibility index (Phi) is 12.1. The Bertz CT molecular complexity index is 1180. The summed E-state index contributed by atoms with van der Waals surface area (Å²) in [6.45, 7) is 5.70. The number of nitrogens with one attached hydrogen (secondary N) is 1. The largest absolute Gasteiger partial charge is 0.480 e. The highest BCUT2D eigenvalue weighted by Crippen LogP contribution is 2.61. The molecule has 2 aliphatic rings. The quantitative estimate of drug-likeness (QED) is 0.193. The average molecular weight is 618 g/mol. The number of aromatic nitrogens is 2. The van der Waals surface area contributed by atoms with Gasteiger partial charge in [0.2, 0.25) is 0 Å². The number of carboxylic acid groups (broad SMARTS) is 1. The molecule has 1 amide bonds. The number of carbonyl (C=O) groups is 2. The van der Waals surface area contributed by atoms with Crippen molar-refractivity contribution in [2.75, 3.05) is 45.7 Å². The van der Waals surface area contributed by atoms with Crippen LogP contribution in [0.5, 0.6) is 0 Å². The number of nitrogens with zero attached hydrogens (tertiary/aromatic N) is 4. The van der Waals surface area contributed by atoms with Crippen LogP contribution in [0.15, 0.2) is 17.1 Å². The number of carboxylic acids is 1. The normalized spacial score (nSPS) is 28.0. The summed E-state index contributed by atoms with van der Waals surface area (Å²) in [5.41, 5.74) is -2.71. The third-order valence-corrected chi connectivity index (χ3v) is 9.42. The lowest BCUT2D eigenvalue weighted by Gasteiger charge is -2.40. The van der Waals surface area contributed by atoms with Crippen LogP contribution in [0.25, 0.3) is 0 Å². The molecular weight excluding hydrogens is 573 g/mol. The first-order valence-electron chi connectivity index (χ1n) is 14.3. The number of fused-ring (bicyclic) bond motifs is 1. The third-order valence-electron chi connectivity index (χ3n) is 7.27. The molecule has 0 radical (unpaired) electrons. The third kappa shape index (κ3) is 8.37. The van der Waals surface area contributed by atoms with Gasteiger partial charge >= 0.3 is 25.5 Å². The molecule has 1 unspecified atom stereocenters. The number of rotatable bonds is 15. The summed E-state index contributed by atoms with van der Waals surface area (Å²) in [6, 6.07) is 0.175. The van der Waals surface area contributed by atoms with Crippen LogP contribution in [0.1, 0.15) is 65.5 Å². The van der Waals surface area contributed by atoms with Gasteiger partial charge in [0, 0.05) is 19.3 Å². The van der Waals surface area contributed by atoms with Gasteiger partial charge in [0.05, 0.1) is 13.2 Å². The van der Waals surface area contributed by atoms with Crippen molar-refractivity contribution in [3.8, 4) is 0 Å². The van der Waals surface area contributed by atoms with E-state index >= 15 is 0 Å². The van der Waals surface area contributed by atoms with E-state index in [1.165, 1.54) is 30.8 Å². The van der Waals surface area contributed by atoms with Crippen molar-refractivity contribution in [3.63, 3.8) is 0 Å². The topological polar surface area (TPSA) is 182 Å². The lowest BCUT2D eigenvalue weighted by Crippen LogP contribution is -2.51. The Morgan fingerprint density at radius 3 is 2.62 bits per heavy atom. The number of hydrogen-bond donors (Lipinski definition) is 3. The zero-order chi connectivity index (χ0) is 31.1. The molecule has 1 aromatic rings. The van der Waals surface area contributed by atoms with E-state index in [4.69, 9.17) is 18.5 Å². The van der Waals surface area contributed by atoms with Crippen LogP contribution in [-0.2, 0) is 27.9 Å². The fraction of sp³-hybridized carbons (Fsp3) is 0.769. The Morgan fingerprint density at radius 2 is 1.98 bits per heavy atom. The van der Waals surface area contributed by atoms with E-state index in [1.54, 1.807) is 0 Å². The SMILES string of the molecule is CCCCCCCN([C@@H](C)C(=O)O)P1(=O)OC[C@H]2O[C@@H](n3ccc(NC(=O)OCCCN(C)C)nc3=O)[C@](C)(O)[C@@H]2O1. The van der Waals surface area contributed by atoms with E-state index in [2.05, 4.69) is 17.2 Å². The van der Waals surface area contributed by atoms with Crippen molar-refractivity contribution in [3.05, 3.63) is 22.7 Å². The number of amides is 1. The van der Waals surface area contributed by atoms with Crippen molar-refractivity contribution in [1.29, 1.82) is 0 Å². The van der Waals surface area contributed by atoms with Crippen molar-refractivity contribution in [2.45, 2.75) is 89.4 Å². The minimum Gasteiger partial charge on any atom is -0.480 e. The Hall–Kier alpha value is -2.39. The number of carbonyl (C=O) groups excluding carboxylic acids is 1. The first-order valence-corrected chi connectivity index (χ1v) is 15.8. The van der Waals surface area contributed by atoms with Crippen LogP contribution < -0.4 is 11.0 Å². The number of aliphatic hydroxyl groups is 1. The lowest BCUT2D eigenvalue weighted by atomic mass is 9.96. The zero-order valence-electron chi connectivity index (χ0n) is 24.9. The van der Waals surface area contributed by atoms with E-state index in [0.29, 0.717) is 12.8 Å². The number of anilines is 1. The van der Waals surface area contributed by atoms with Gasteiger partial charge in [-0.05, 0) is 46.9 Å². The number of ether oxygens (including phenoxy) is 2. The first kappa shape index (κ1) is 34.1. The molecule has 2 fully saturated rings. The summed E-state index contributed by atoms with van der Waals surface area (Å²) in [5, 5.41) is 23.6. The van der Waals surface area contributed by atoms with Gasteiger partial charge in [0.25, 0.3) is 0 Å². The second-order valence-corrected chi connectivity index (χ2v) is 13.0. The van der Waals surface area contributed by atoms with Crippen molar-refractivity contribution in [2.24, 2.45) is 0 Å². The average Bonchev–Trinajstić information content (AvgIpc) is 3.17. The van der Waals surface area contributed by atoms with Crippen molar-refractivity contribution < 1.29 is 42.9 Å². The molecule has 0 bridgehead atoms. The fourth-order valence-corrected chi connectivity index (χ4v) is 7.11. The van der Waals surface area contributed by atoms with Gasteiger partial charge in [0.15, 0.2) is 6.23 Å². The molecule has 238 valence electrons. The molecule has 0 saturated carbocycles. The van der Waals surface area contributed by atoms with Crippen LogP contribution in [0.3, 0.4) is 0 Å². The van der Waals surface area contributed by atoms with E-state index in [1.807, 2.05) is 19.0 Å². The highest BCUT2D eigenvalue weighted by molar-refractivity contribution is 7.51. The second kappa shape index (κ2) is 14.9. The molecule has 16 heteroatoms.